The highest BCUT2D eigenvalue weighted by atomic mass is 16.3. The summed E-state index contributed by atoms with van der Waals surface area (Å²) in [7, 11) is 0. The Morgan fingerprint density at radius 2 is 2.40 bits per heavy atom. The second kappa shape index (κ2) is 3.61. The molecule has 2 atom stereocenters. The zero-order valence-electron chi connectivity index (χ0n) is 8.82. The smallest absolute Gasteiger partial charge is 0.137 e. The van der Waals surface area contributed by atoms with Crippen molar-refractivity contribution in [2.45, 2.75) is 37.8 Å². The third-order valence-electron chi connectivity index (χ3n) is 3.48. The van der Waals surface area contributed by atoms with E-state index >= 15 is 0 Å². The van der Waals surface area contributed by atoms with Gasteiger partial charge in [0.05, 0.1) is 5.69 Å². The minimum Gasteiger partial charge on any atom is -0.385 e. The van der Waals surface area contributed by atoms with Gasteiger partial charge in [0.1, 0.15) is 11.9 Å². The third kappa shape index (κ3) is 1.58. The Labute approximate surface area is 89.3 Å². The molecule has 82 valence electrons. The van der Waals surface area contributed by atoms with E-state index in [0.717, 1.165) is 44.0 Å². The van der Waals surface area contributed by atoms with E-state index in [-0.39, 0.29) is 6.10 Å². The number of aryl methyl sites for hydroxylation is 1. The van der Waals surface area contributed by atoms with Crippen LogP contribution in [-0.2, 0) is 6.54 Å². The molecule has 2 aliphatic rings. The average Bonchev–Trinajstić information content (AvgIpc) is 2.86. The monoisotopic (exact) mass is 207 g/mol. The molecule has 0 amide bonds. The van der Waals surface area contributed by atoms with Crippen LogP contribution in [0.2, 0.25) is 0 Å². The predicted molar refractivity (Wildman–Crippen MR) is 56.6 cm³/mol. The highest BCUT2D eigenvalue weighted by Crippen LogP contribution is 2.28. The zero-order chi connectivity index (χ0) is 10.3. The lowest BCUT2D eigenvalue weighted by Gasteiger charge is -2.18. The van der Waals surface area contributed by atoms with Crippen molar-refractivity contribution < 1.29 is 5.11 Å². The number of rotatable bonds is 1. The van der Waals surface area contributed by atoms with Gasteiger partial charge in [0, 0.05) is 25.2 Å². The molecule has 0 bridgehead atoms. The van der Waals surface area contributed by atoms with E-state index in [0.29, 0.717) is 5.92 Å². The first-order valence-corrected chi connectivity index (χ1v) is 5.80. The van der Waals surface area contributed by atoms with Crippen molar-refractivity contribution >= 4 is 0 Å². The Morgan fingerprint density at radius 1 is 1.47 bits per heavy atom. The second-order valence-corrected chi connectivity index (χ2v) is 4.57. The van der Waals surface area contributed by atoms with Gasteiger partial charge in [-0.05, 0) is 25.8 Å². The number of nitrogens with one attached hydrogen (secondary N) is 1. The SMILES string of the molecule is OC1CCCn2cc(C3CCNC3)nc21. The Morgan fingerprint density at radius 3 is 3.13 bits per heavy atom. The average molecular weight is 207 g/mol. The number of nitrogens with zero attached hydrogens (tertiary/aromatic N) is 2. The van der Waals surface area contributed by atoms with Gasteiger partial charge in [0.15, 0.2) is 0 Å². The first kappa shape index (κ1) is 9.36. The van der Waals surface area contributed by atoms with E-state index in [4.69, 9.17) is 0 Å². The topological polar surface area (TPSA) is 50.1 Å². The van der Waals surface area contributed by atoms with Crippen LogP contribution in [0.5, 0.6) is 0 Å². The van der Waals surface area contributed by atoms with E-state index in [9.17, 15) is 5.11 Å². The van der Waals surface area contributed by atoms with Crippen LogP contribution in [0.15, 0.2) is 6.20 Å². The van der Waals surface area contributed by atoms with Crippen LogP contribution >= 0.6 is 0 Å². The van der Waals surface area contributed by atoms with Gasteiger partial charge >= 0.3 is 0 Å². The molecule has 4 heteroatoms. The molecule has 0 aliphatic carbocycles. The molecule has 2 unspecified atom stereocenters. The molecule has 1 aromatic heterocycles. The zero-order valence-corrected chi connectivity index (χ0v) is 8.82. The fourth-order valence-electron chi connectivity index (χ4n) is 2.58. The van der Waals surface area contributed by atoms with Crippen molar-refractivity contribution in [2.24, 2.45) is 0 Å². The van der Waals surface area contributed by atoms with Gasteiger partial charge in [-0.25, -0.2) is 4.98 Å². The summed E-state index contributed by atoms with van der Waals surface area (Å²) in [6, 6.07) is 0. The number of imidazole rings is 1. The molecule has 15 heavy (non-hydrogen) atoms. The van der Waals surface area contributed by atoms with Crippen LogP contribution in [0, 0.1) is 0 Å². The Balaban J connectivity index is 1.90. The van der Waals surface area contributed by atoms with Gasteiger partial charge in [-0.2, -0.15) is 0 Å². The predicted octanol–water partition coefficient (Wildman–Crippen LogP) is 0.787. The van der Waals surface area contributed by atoms with Gasteiger partial charge in [-0.15, -0.1) is 0 Å². The minimum atomic E-state index is -0.345. The Hall–Kier alpha value is -0.870. The van der Waals surface area contributed by atoms with E-state index in [1.807, 2.05) is 0 Å². The summed E-state index contributed by atoms with van der Waals surface area (Å²) in [4.78, 5) is 4.59. The van der Waals surface area contributed by atoms with Crippen molar-refractivity contribution in [2.75, 3.05) is 13.1 Å². The highest BCUT2D eigenvalue weighted by molar-refractivity contribution is 5.14. The van der Waals surface area contributed by atoms with Crippen LogP contribution in [0.4, 0.5) is 0 Å². The maximum absolute atomic E-state index is 9.82. The molecule has 0 spiro atoms. The minimum absolute atomic E-state index is 0.345. The van der Waals surface area contributed by atoms with Crippen molar-refractivity contribution in [1.29, 1.82) is 0 Å². The van der Waals surface area contributed by atoms with Crippen LogP contribution in [0.1, 0.15) is 42.8 Å². The van der Waals surface area contributed by atoms with Gasteiger partial charge in [0.2, 0.25) is 0 Å². The number of hydrogen-bond acceptors (Lipinski definition) is 3. The molecule has 0 saturated carbocycles. The van der Waals surface area contributed by atoms with Gasteiger partial charge in [-0.1, -0.05) is 0 Å². The first-order valence-electron chi connectivity index (χ1n) is 5.80. The van der Waals surface area contributed by atoms with Crippen LogP contribution in [0.3, 0.4) is 0 Å². The number of aliphatic hydroxyl groups excluding tert-OH is 1. The molecule has 3 rings (SSSR count). The van der Waals surface area contributed by atoms with E-state index < -0.39 is 0 Å². The molecule has 0 radical (unpaired) electrons. The number of hydrogen-bond donors (Lipinski definition) is 2. The summed E-state index contributed by atoms with van der Waals surface area (Å²) >= 11 is 0. The summed E-state index contributed by atoms with van der Waals surface area (Å²) in [5.41, 5.74) is 1.16. The largest absolute Gasteiger partial charge is 0.385 e. The van der Waals surface area contributed by atoms with Crippen LogP contribution in [-0.4, -0.2) is 27.7 Å². The van der Waals surface area contributed by atoms with E-state index in [2.05, 4.69) is 21.1 Å². The lowest BCUT2D eigenvalue weighted by molar-refractivity contribution is 0.133. The summed E-state index contributed by atoms with van der Waals surface area (Å²) in [5, 5.41) is 13.2. The molecule has 3 heterocycles. The normalized spacial score (nSPS) is 30.5. The fourth-order valence-corrected chi connectivity index (χ4v) is 2.58. The third-order valence-corrected chi connectivity index (χ3v) is 3.48. The molecular weight excluding hydrogens is 190 g/mol. The van der Waals surface area contributed by atoms with Gasteiger partial charge < -0.3 is 15.0 Å². The maximum atomic E-state index is 9.82. The fraction of sp³-hybridized carbons (Fsp3) is 0.727. The molecule has 0 aromatic carbocycles. The summed E-state index contributed by atoms with van der Waals surface area (Å²) in [6.45, 7) is 3.14. The molecule has 2 N–H and O–H groups in total. The molecule has 4 nitrogen and oxygen atoms in total. The molecule has 1 fully saturated rings. The highest BCUT2D eigenvalue weighted by Gasteiger charge is 2.25. The van der Waals surface area contributed by atoms with E-state index in [1.165, 1.54) is 6.42 Å². The quantitative estimate of drug-likeness (QED) is 0.715. The summed E-state index contributed by atoms with van der Waals surface area (Å²) in [5.74, 6) is 1.43. The maximum Gasteiger partial charge on any atom is 0.137 e. The molecule has 1 saturated heterocycles. The standard InChI is InChI=1S/C11H17N3O/c15-10-2-1-5-14-7-9(13-11(10)14)8-3-4-12-6-8/h7-8,10,12,15H,1-6H2. The van der Waals surface area contributed by atoms with Crippen LogP contribution < -0.4 is 5.32 Å². The lowest BCUT2D eigenvalue weighted by atomic mass is 10.1. The number of fused-ring (bicyclic) bond motifs is 1. The van der Waals surface area contributed by atoms with Gasteiger partial charge in [-0.3, -0.25) is 0 Å². The Kier molecular flexibility index (Phi) is 2.25. The van der Waals surface area contributed by atoms with Crippen molar-refractivity contribution in [3.8, 4) is 0 Å². The van der Waals surface area contributed by atoms with Crippen molar-refractivity contribution in [1.82, 2.24) is 14.9 Å². The Bertz CT molecular complexity index is 355. The van der Waals surface area contributed by atoms with E-state index in [1.54, 1.807) is 0 Å². The molecule has 1 aromatic rings. The first-order chi connectivity index (χ1) is 7.34. The lowest BCUT2D eigenvalue weighted by Crippen LogP contribution is -2.14. The summed E-state index contributed by atoms with van der Waals surface area (Å²) < 4.78 is 2.13. The number of aliphatic hydroxyl groups is 1. The molecular formula is C11H17N3O. The second-order valence-electron chi connectivity index (χ2n) is 4.57. The summed E-state index contributed by atoms with van der Waals surface area (Å²) in [6.07, 6.45) is 4.88. The number of aromatic nitrogens is 2. The molecule has 2 aliphatic heterocycles. The van der Waals surface area contributed by atoms with Crippen LogP contribution in [0.25, 0.3) is 0 Å². The van der Waals surface area contributed by atoms with Gasteiger partial charge in [0.25, 0.3) is 0 Å². The van der Waals surface area contributed by atoms with Crippen molar-refractivity contribution in [3.05, 3.63) is 17.7 Å². The van der Waals surface area contributed by atoms with Crippen molar-refractivity contribution in [3.63, 3.8) is 0 Å².